The van der Waals surface area contributed by atoms with Crippen LogP contribution in [0.1, 0.15) is 281 Å². The van der Waals surface area contributed by atoms with Crippen LogP contribution in [-0.2, 0) is 45.9 Å². The maximum absolute atomic E-state index is 12.0. The van der Waals surface area contributed by atoms with Gasteiger partial charge in [-0.15, -0.1) is 0 Å². The quantitative estimate of drug-likeness (QED) is 0.0248. The SMILES string of the molecule is CCCCCCCCCCCc1ccc2ccc(S(=O)(=O)[O-])c(CCCCCCCCCCC)c2c1.CCCCCCCCCCCc1ccc2ccc(S(=O)(=O)[O-])c(CCCCCCCCCCC)c2c1.[Ba+2]. The second kappa shape index (κ2) is 41.8. The number of aryl methyl sites for hydroxylation is 4. The number of hydrogen-bond acceptors (Lipinski definition) is 6. The van der Waals surface area contributed by atoms with Crippen LogP contribution in [0.15, 0.2) is 70.5 Å². The van der Waals surface area contributed by atoms with E-state index in [1.165, 1.54) is 216 Å². The van der Waals surface area contributed by atoms with Gasteiger partial charge in [0.05, 0.1) is 9.79 Å². The molecule has 0 N–H and O–H groups in total. The first-order chi connectivity index (χ1) is 34.9. The Bertz CT molecular complexity index is 2100. The van der Waals surface area contributed by atoms with Crippen molar-refractivity contribution in [2.24, 2.45) is 0 Å². The van der Waals surface area contributed by atoms with Gasteiger partial charge < -0.3 is 9.11 Å². The van der Waals surface area contributed by atoms with Crippen LogP contribution < -0.4 is 0 Å². The molecule has 73 heavy (non-hydrogen) atoms. The van der Waals surface area contributed by atoms with E-state index in [1.807, 2.05) is 0 Å². The van der Waals surface area contributed by atoms with Crippen molar-refractivity contribution in [2.45, 2.75) is 294 Å². The molecule has 0 saturated heterocycles. The predicted octanol–water partition coefficient (Wildman–Crippen LogP) is 19.4. The maximum Gasteiger partial charge on any atom is 2.00 e. The van der Waals surface area contributed by atoms with E-state index in [0.717, 1.165) is 84.0 Å². The van der Waals surface area contributed by atoms with E-state index in [1.54, 1.807) is 12.1 Å². The van der Waals surface area contributed by atoms with E-state index in [-0.39, 0.29) is 58.7 Å². The Balaban J connectivity index is 0.000000493. The third-order valence-corrected chi connectivity index (χ3v) is 16.9. The van der Waals surface area contributed by atoms with Crippen LogP contribution in [0.3, 0.4) is 0 Å². The summed E-state index contributed by atoms with van der Waals surface area (Å²) in [6, 6.07) is 19.5. The maximum atomic E-state index is 12.0. The van der Waals surface area contributed by atoms with Gasteiger partial charge in [0, 0.05) is 0 Å². The molecule has 0 radical (unpaired) electrons. The van der Waals surface area contributed by atoms with E-state index in [9.17, 15) is 25.9 Å². The molecule has 0 saturated carbocycles. The normalized spacial score (nSPS) is 11.8. The minimum Gasteiger partial charge on any atom is -0.744 e. The molecular weight excluding hydrogens is 1070 g/mol. The van der Waals surface area contributed by atoms with Gasteiger partial charge in [-0.05, 0) is 107 Å². The molecule has 0 spiro atoms. The van der Waals surface area contributed by atoms with Crippen molar-refractivity contribution < 1.29 is 25.9 Å². The molecule has 0 heterocycles. The summed E-state index contributed by atoms with van der Waals surface area (Å²) >= 11 is 0. The molecule has 0 unspecified atom stereocenters. The average Bonchev–Trinajstić information content (AvgIpc) is 3.36. The summed E-state index contributed by atoms with van der Waals surface area (Å²) in [6.45, 7) is 8.99. The molecule has 0 fully saturated rings. The van der Waals surface area contributed by atoms with Gasteiger partial charge in [-0.3, -0.25) is 0 Å². The Labute approximate surface area is 489 Å². The first kappa shape index (κ1) is 67.9. The Kier molecular flexibility index (Phi) is 38.9. The molecule has 0 atom stereocenters. The molecular formula is C64H102BaO6S2. The fraction of sp³-hybridized carbons (Fsp3) is 0.688. The van der Waals surface area contributed by atoms with E-state index in [4.69, 9.17) is 0 Å². The number of fused-ring (bicyclic) bond motifs is 2. The van der Waals surface area contributed by atoms with Crippen molar-refractivity contribution in [1.82, 2.24) is 0 Å². The molecule has 4 aromatic carbocycles. The number of unbranched alkanes of at least 4 members (excludes halogenated alkanes) is 32. The third kappa shape index (κ3) is 29.4. The van der Waals surface area contributed by atoms with Crippen LogP contribution in [0, 0.1) is 0 Å². The Hall–Kier alpha value is -1.21. The Morgan fingerprint density at radius 3 is 0.767 bits per heavy atom. The average molecular weight is 1170 g/mol. The van der Waals surface area contributed by atoms with Crippen molar-refractivity contribution >= 4 is 90.7 Å². The molecule has 4 rings (SSSR count). The zero-order valence-electron chi connectivity index (χ0n) is 47.0. The molecule has 0 aromatic heterocycles. The predicted molar refractivity (Wildman–Crippen MR) is 313 cm³/mol. The standard InChI is InChI=1S/2C32H52O3S.Ba/c2*1-3-5-7-9-11-13-15-17-19-21-28-23-24-29-25-26-32(36(33,34)35)30(31(29)27-28)22-20-18-16-14-12-10-8-6-4-2;/h2*23-27H,3-22H2,1-2H3,(H,33,34,35);/q;;+2/p-2. The van der Waals surface area contributed by atoms with Gasteiger partial charge in [0.15, 0.2) is 0 Å². The molecule has 0 bridgehead atoms. The molecule has 0 amide bonds. The van der Waals surface area contributed by atoms with Crippen molar-refractivity contribution in [3.63, 3.8) is 0 Å². The minimum absolute atomic E-state index is 0. The van der Waals surface area contributed by atoms with Gasteiger partial charge >= 0.3 is 48.9 Å². The number of hydrogen-bond donors (Lipinski definition) is 0. The first-order valence-electron chi connectivity index (χ1n) is 29.9. The van der Waals surface area contributed by atoms with E-state index in [2.05, 4.69) is 64.1 Å². The van der Waals surface area contributed by atoms with Crippen molar-refractivity contribution in [3.05, 3.63) is 82.9 Å². The second-order valence-electron chi connectivity index (χ2n) is 21.4. The Morgan fingerprint density at radius 2 is 0.521 bits per heavy atom. The largest absolute Gasteiger partial charge is 2.00 e. The Morgan fingerprint density at radius 1 is 0.301 bits per heavy atom. The minimum atomic E-state index is -4.48. The number of rotatable bonds is 42. The van der Waals surface area contributed by atoms with Crippen molar-refractivity contribution in [2.75, 3.05) is 0 Å². The van der Waals surface area contributed by atoms with Gasteiger partial charge in [0.1, 0.15) is 20.2 Å². The van der Waals surface area contributed by atoms with Gasteiger partial charge in [-0.25, -0.2) is 16.8 Å². The molecule has 6 nitrogen and oxygen atoms in total. The zero-order valence-corrected chi connectivity index (χ0v) is 53.1. The van der Waals surface area contributed by atoms with Gasteiger partial charge in [-0.1, -0.05) is 282 Å². The van der Waals surface area contributed by atoms with Gasteiger partial charge in [-0.2, -0.15) is 0 Å². The van der Waals surface area contributed by atoms with Gasteiger partial charge in [0.25, 0.3) is 0 Å². The van der Waals surface area contributed by atoms with Crippen LogP contribution in [0.5, 0.6) is 0 Å². The summed E-state index contributed by atoms with van der Waals surface area (Å²) < 4.78 is 72.3. The zero-order chi connectivity index (χ0) is 52.1. The van der Waals surface area contributed by atoms with Crippen LogP contribution >= 0.6 is 0 Å². The smallest absolute Gasteiger partial charge is 0.744 e. The topological polar surface area (TPSA) is 114 Å². The van der Waals surface area contributed by atoms with Crippen LogP contribution in [0.2, 0.25) is 0 Å². The van der Waals surface area contributed by atoms with Crippen LogP contribution in [0.25, 0.3) is 21.5 Å². The first-order valence-corrected chi connectivity index (χ1v) is 32.8. The molecule has 9 heteroatoms. The summed E-state index contributed by atoms with van der Waals surface area (Å²) in [5.74, 6) is 0. The van der Waals surface area contributed by atoms with E-state index >= 15 is 0 Å². The summed E-state index contributed by atoms with van der Waals surface area (Å²) in [5, 5.41) is 3.98. The summed E-state index contributed by atoms with van der Waals surface area (Å²) in [5.41, 5.74) is 3.97. The van der Waals surface area contributed by atoms with Gasteiger partial charge in [0.2, 0.25) is 0 Å². The molecule has 408 valence electrons. The third-order valence-electron chi connectivity index (χ3n) is 15.0. The molecule has 0 aliphatic rings. The second-order valence-corrected chi connectivity index (χ2v) is 24.1. The molecule has 4 aromatic rings. The van der Waals surface area contributed by atoms with Crippen LogP contribution in [-0.4, -0.2) is 74.8 Å². The fourth-order valence-electron chi connectivity index (χ4n) is 10.6. The summed E-state index contributed by atoms with van der Waals surface area (Å²) in [4.78, 5) is -0.0374. The molecule has 0 aliphatic carbocycles. The summed E-state index contributed by atoms with van der Waals surface area (Å²) in [6.07, 6.45) is 48.8. The molecule has 0 aliphatic heterocycles. The monoisotopic (exact) mass is 1170 g/mol. The van der Waals surface area contributed by atoms with Crippen molar-refractivity contribution in [1.29, 1.82) is 0 Å². The van der Waals surface area contributed by atoms with Crippen LogP contribution in [0.4, 0.5) is 0 Å². The van der Waals surface area contributed by atoms with E-state index < -0.39 is 20.2 Å². The number of benzene rings is 4. The van der Waals surface area contributed by atoms with Crippen molar-refractivity contribution in [3.8, 4) is 0 Å². The van der Waals surface area contributed by atoms with E-state index in [0.29, 0.717) is 12.8 Å². The fourth-order valence-corrected chi connectivity index (χ4v) is 12.1. The summed E-state index contributed by atoms with van der Waals surface area (Å²) in [7, 11) is -8.97.